The minimum Gasteiger partial charge on any atom is -0.378 e. The lowest BCUT2D eigenvalue weighted by Gasteiger charge is -2.20. The number of nitrogens with zero attached hydrogens (tertiary/aromatic N) is 2. The summed E-state index contributed by atoms with van der Waals surface area (Å²) in [5.41, 5.74) is 4.87. The molecule has 1 heterocycles. The zero-order valence-electron chi connectivity index (χ0n) is 18.3. The largest absolute Gasteiger partial charge is 0.378 e. The Kier molecular flexibility index (Phi) is 7.66. The second-order valence-corrected chi connectivity index (χ2v) is 8.82. The second-order valence-electron chi connectivity index (χ2n) is 7.84. The van der Waals surface area contributed by atoms with Crippen LogP contribution < -0.4 is 10.2 Å². The minimum absolute atomic E-state index is 0.137. The summed E-state index contributed by atoms with van der Waals surface area (Å²) in [5, 5.41) is 4.25. The molecule has 0 aliphatic rings. The maximum absolute atomic E-state index is 12.8. The van der Waals surface area contributed by atoms with Crippen LogP contribution in [-0.4, -0.2) is 38.5 Å². The maximum Gasteiger partial charge on any atom is 0.277 e. The molecule has 30 heavy (non-hydrogen) atoms. The molecule has 3 rings (SSSR count). The molecule has 2 aromatic carbocycles. The minimum atomic E-state index is 0.137. The quantitative estimate of drug-likeness (QED) is 0.571. The van der Waals surface area contributed by atoms with Gasteiger partial charge >= 0.3 is 0 Å². The van der Waals surface area contributed by atoms with Crippen LogP contribution in [0, 0.1) is 0 Å². The first-order chi connectivity index (χ1) is 14.5. The lowest BCUT2D eigenvalue weighted by Crippen LogP contribution is -2.87. The third-order valence-corrected chi connectivity index (χ3v) is 6.38. The van der Waals surface area contributed by atoms with Gasteiger partial charge in [0.25, 0.3) is 5.91 Å². The summed E-state index contributed by atoms with van der Waals surface area (Å²) in [5.74, 6) is 0.137. The highest BCUT2D eigenvalue weighted by atomic mass is 32.1. The van der Waals surface area contributed by atoms with E-state index in [4.69, 9.17) is 0 Å². The number of anilines is 1. The van der Waals surface area contributed by atoms with Crippen LogP contribution in [0.1, 0.15) is 34.5 Å². The van der Waals surface area contributed by atoms with Crippen molar-refractivity contribution in [2.75, 3.05) is 32.6 Å². The van der Waals surface area contributed by atoms with Gasteiger partial charge in [-0.15, -0.1) is 11.3 Å². The average Bonchev–Trinajstić information content (AvgIpc) is 3.29. The highest BCUT2D eigenvalue weighted by molar-refractivity contribution is 7.10. The lowest BCUT2D eigenvalue weighted by atomic mass is 10.0. The number of amides is 1. The summed E-state index contributed by atoms with van der Waals surface area (Å²) < 4.78 is 0. The Morgan fingerprint density at radius 1 is 0.967 bits per heavy atom. The normalized spacial score (nSPS) is 11.9. The molecule has 0 spiro atoms. The number of hydrogen-bond acceptors (Lipinski definition) is 3. The summed E-state index contributed by atoms with van der Waals surface area (Å²) in [6.45, 7) is 3.21. The Bertz CT molecular complexity index is 918. The first-order valence-corrected chi connectivity index (χ1v) is 11.3. The fraction of sp³-hybridized carbons (Fsp3) is 0.320. The number of quaternary nitrogens is 1. The Balaban J connectivity index is 1.63. The van der Waals surface area contributed by atoms with Crippen LogP contribution in [0.2, 0.25) is 0 Å². The van der Waals surface area contributed by atoms with Crippen molar-refractivity contribution in [3.05, 3.63) is 87.6 Å². The third kappa shape index (κ3) is 5.71. The fourth-order valence-corrected chi connectivity index (χ4v) is 4.33. The highest BCUT2D eigenvalue weighted by Gasteiger charge is 2.21. The first kappa shape index (κ1) is 22.1. The van der Waals surface area contributed by atoms with Crippen molar-refractivity contribution >= 4 is 22.9 Å². The van der Waals surface area contributed by atoms with E-state index >= 15 is 0 Å². The fourth-order valence-electron chi connectivity index (χ4n) is 3.48. The molecule has 2 N–H and O–H groups in total. The van der Waals surface area contributed by atoms with Crippen LogP contribution in [0.5, 0.6) is 0 Å². The molecule has 0 aliphatic carbocycles. The van der Waals surface area contributed by atoms with E-state index in [1.165, 1.54) is 16.0 Å². The van der Waals surface area contributed by atoms with Crippen molar-refractivity contribution in [2.24, 2.45) is 0 Å². The summed E-state index contributed by atoms with van der Waals surface area (Å²) in [7, 11) is 5.94. The van der Waals surface area contributed by atoms with Crippen molar-refractivity contribution in [3.63, 3.8) is 0 Å². The molecule has 1 amide bonds. The maximum atomic E-state index is 12.8. The number of carbonyl (C=O) groups is 1. The molecule has 0 aliphatic heterocycles. The summed E-state index contributed by atoms with van der Waals surface area (Å²) >= 11 is 1.74. The molecule has 5 heteroatoms. The van der Waals surface area contributed by atoms with E-state index in [-0.39, 0.29) is 11.9 Å². The molecule has 0 fully saturated rings. The highest BCUT2D eigenvalue weighted by Crippen LogP contribution is 2.23. The zero-order valence-corrected chi connectivity index (χ0v) is 19.2. The number of likely N-dealkylation sites (N-methyl/N-ethyl adjacent to an activating group) is 1. The van der Waals surface area contributed by atoms with E-state index in [0.717, 1.165) is 17.7 Å². The van der Waals surface area contributed by atoms with Crippen LogP contribution in [-0.2, 0) is 17.8 Å². The number of benzene rings is 2. The molecule has 0 unspecified atom stereocenters. The number of carbonyl (C=O) groups excluding carboxylic acids is 1. The molecule has 1 aromatic heterocycles. The van der Waals surface area contributed by atoms with Crippen molar-refractivity contribution < 1.29 is 10.1 Å². The van der Waals surface area contributed by atoms with Gasteiger partial charge in [0.05, 0.1) is 4.88 Å². The lowest BCUT2D eigenvalue weighted by molar-refractivity contribution is -0.676. The molecule has 0 saturated carbocycles. The zero-order chi connectivity index (χ0) is 21.5. The van der Waals surface area contributed by atoms with Gasteiger partial charge in [-0.2, -0.15) is 0 Å². The van der Waals surface area contributed by atoms with E-state index in [1.54, 1.807) is 11.3 Å². The molecular formula is C25H32N3OS+. The monoisotopic (exact) mass is 422 g/mol. The van der Waals surface area contributed by atoms with Gasteiger partial charge in [0.1, 0.15) is 6.04 Å². The van der Waals surface area contributed by atoms with Crippen LogP contribution in [0.4, 0.5) is 5.69 Å². The number of hydrogen-bond donors (Lipinski definition) is 1. The Morgan fingerprint density at radius 2 is 1.63 bits per heavy atom. The van der Waals surface area contributed by atoms with Crippen LogP contribution >= 0.6 is 11.3 Å². The SMILES string of the molecule is CCc1ccc([C@H]([NH2+]CC(=O)N(C)Cc2ccc(N(C)C)cc2)c2cccs2)cc1. The standard InChI is InChI=1S/C25H31N3OS/c1-5-19-8-12-21(13-9-19)25(23-7-6-16-30-23)26-17-24(29)28(4)18-20-10-14-22(15-11-20)27(2)3/h6-16,25-26H,5,17-18H2,1-4H3/p+1/t25-/m0/s1. The molecule has 0 bridgehead atoms. The number of thiophene rings is 1. The average molecular weight is 423 g/mol. The summed E-state index contributed by atoms with van der Waals surface area (Å²) in [4.78, 5) is 18.0. The molecule has 0 saturated heterocycles. The Morgan fingerprint density at radius 3 is 2.20 bits per heavy atom. The second kappa shape index (κ2) is 10.4. The van der Waals surface area contributed by atoms with Gasteiger partial charge < -0.3 is 15.1 Å². The van der Waals surface area contributed by atoms with Gasteiger partial charge in [0, 0.05) is 38.9 Å². The van der Waals surface area contributed by atoms with Gasteiger partial charge in [-0.3, -0.25) is 4.79 Å². The smallest absolute Gasteiger partial charge is 0.277 e. The van der Waals surface area contributed by atoms with E-state index in [0.29, 0.717) is 13.1 Å². The molecule has 0 radical (unpaired) electrons. The van der Waals surface area contributed by atoms with E-state index in [2.05, 4.69) is 83.2 Å². The van der Waals surface area contributed by atoms with Crippen LogP contribution in [0.25, 0.3) is 0 Å². The van der Waals surface area contributed by atoms with Gasteiger partial charge in [-0.05, 0) is 41.1 Å². The molecule has 158 valence electrons. The number of nitrogens with two attached hydrogens (primary N) is 1. The van der Waals surface area contributed by atoms with Gasteiger partial charge in [-0.1, -0.05) is 49.4 Å². The molecular weight excluding hydrogens is 390 g/mol. The predicted molar refractivity (Wildman–Crippen MR) is 126 cm³/mol. The van der Waals surface area contributed by atoms with Crippen molar-refractivity contribution in [2.45, 2.75) is 25.9 Å². The molecule has 3 aromatic rings. The molecule has 4 nitrogen and oxygen atoms in total. The van der Waals surface area contributed by atoms with Crippen molar-refractivity contribution in [1.82, 2.24) is 4.90 Å². The predicted octanol–water partition coefficient (Wildman–Crippen LogP) is 3.69. The van der Waals surface area contributed by atoms with E-state index < -0.39 is 0 Å². The van der Waals surface area contributed by atoms with Crippen molar-refractivity contribution in [1.29, 1.82) is 0 Å². The number of rotatable bonds is 9. The van der Waals surface area contributed by atoms with Gasteiger partial charge in [0.2, 0.25) is 0 Å². The van der Waals surface area contributed by atoms with E-state index in [1.807, 2.05) is 26.0 Å². The van der Waals surface area contributed by atoms with Gasteiger partial charge in [0.15, 0.2) is 6.54 Å². The Hall–Kier alpha value is -2.63. The molecule has 1 atom stereocenters. The van der Waals surface area contributed by atoms with Crippen LogP contribution in [0.3, 0.4) is 0 Å². The third-order valence-electron chi connectivity index (χ3n) is 5.42. The van der Waals surface area contributed by atoms with Crippen molar-refractivity contribution in [3.8, 4) is 0 Å². The number of aryl methyl sites for hydroxylation is 1. The summed E-state index contributed by atoms with van der Waals surface area (Å²) in [6.07, 6.45) is 1.03. The first-order valence-electron chi connectivity index (χ1n) is 10.4. The Labute approximate surface area is 184 Å². The summed E-state index contributed by atoms with van der Waals surface area (Å²) in [6, 6.07) is 21.5. The van der Waals surface area contributed by atoms with Crippen LogP contribution in [0.15, 0.2) is 66.0 Å². The van der Waals surface area contributed by atoms with Gasteiger partial charge in [-0.25, -0.2) is 0 Å². The van der Waals surface area contributed by atoms with E-state index in [9.17, 15) is 4.79 Å². The topological polar surface area (TPSA) is 40.2 Å².